The van der Waals surface area contributed by atoms with Gasteiger partial charge in [0, 0.05) is 13.1 Å². The van der Waals surface area contributed by atoms with Crippen molar-refractivity contribution in [3.05, 3.63) is 24.0 Å². The van der Waals surface area contributed by atoms with Crippen molar-refractivity contribution in [2.24, 2.45) is 0 Å². The molecule has 106 valence electrons. The van der Waals surface area contributed by atoms with Gasteiger partial charge in [-0.05, 0) is 31.0 Å². The van der Waals surface area contributed by atoms with Crippen molar-refractivity contribution >= 4 is 15.7 Å². The van der Waals surface area contributed by atoms with Gasteiger partial charge < -0.3 is 5.73 Å². The molecule has 1 aromatic carbocycles. The Morgan fingerprint density at radius 3 is 2.47 bits per heavy atom. The molecule has 6 heteroatoms. The molecule has 0 heterocycles. The second-order valence-corrected chi connectivity index (χ2v) is 6.96. The number of hydrogen-bond donors (Lipinski definition) is 1. The predicted octanol–water partition coefficient (Wildman–Crippen LogP) is 2.36. The van der Waals surface area contributed by atoms with E-state index in [9.17, 15) is 12.8 Å². The smallest absolute Gasteiger partial charge is 0.245 e. The predicted molar refractivity (Wildman–Crippen MR) is 72.6 cm³/mol. The number of halogens is 1. The van der Waals surface area contributed by atoms with Crippen LogP contribution in [0.15, 0.2) is 23.1 Å². The maximum absolute atomic E-state index is 13.0. The number of sulfonamides is 1. The molecule has 0 saturated heterocycles. The summed E-state index contributed by atoms with van der Waals surface area (Å²) in [6.07, 6.45) is 4.99. The first kappa shape index (κ1) is 14.3. The van der Waals surface area contributed by atoms with Gasteiger partial charge in [0.05, 0.1) is 5.69 Å². The average Bonchev–Trinajstić information content (AvgIpc) is 2.38. The number of benzene rings is 1. The molecule has 1 saturated carbocycles. The van der Waals surface area contributed by atoms with E-state index in [0.29, 0.717) is 0 Å². The van der Waals surface area contributed by atoms with Crippen molar-refractivity contribution in [2.45, 2.75) is 43.0 Å². The van der Waals surface area contributed by atoms with Gasteiger partial charge in [0.2, 0.25) is 10.0 Å². The van der Waals surface area contributed by atoms with Gasteiger partial charge >= 0.3 is 0 Å². The monoisotopic (exact) mass is 286 g/mol. The SMILES string of the molecule is CN(C1CCCCC1)S(=O)(=O)c1ccc(F)cc1N. The lowest BCUT2D eigenvalue weighted by Crippen LogP contribution is -2.38. The molecule has 0 atom stereocenters. The summed E-state index contributed by atoms with van der Waals surface area (Å²) in [6, 6.07) is 3.42. The molecule has 0 bridgehead atoms. The normalized spacial score (nSPS) is 17.8. The summed E-state index contributed by atoms with van der Waals surface area (Å²) >= 11 is 0. The Kier molecular flexibility index (Phi) is 4.10. The molecule has 0 amide bonds. The second-order valence-electron chi connectivity index (χ2n) is 5.00. The van der Waals surface area contributed by atoms with Crippen LogP contribution in [0.2, 0.25) is 0 Å². The zero-order valence-electron chi connectivity index (χ0n) is 11.0. The van der Waals surface area contributed by atoms with E-state index in [1.165, 1.54) is 10.4 Å². The number of nitrogens with two attached hydrogens (primary N) is 1. The molecule has 2 N–H and O–H groups in total. The third kappa shape index (κ3) is 2.90. The third-order valence-corrected chi connectivity index (χ3v) is 5.70. The van der Waals surface area contributed by atoms with E-state index in [4.69, 9.17) is 5.73 Å². The van der Waals surface area contributed by atoms with Crippen molar-refractivity contribution in [1.29, 1.82) is 0 Å². The summed E-state index contributed by atoms with van der Waals surface area (Å²) in [5.74, 6) is -0.531. The Hall–Kier alpha value is -1.14. The van der Waals surface area contributed by atoms with Crippen molar-refractivity contribution in [3.8, 4) is 0 Å². The molecule has 1 fully saturated rings. The van der Waals surface area contributed by atoms with Gasteiger partial charge in [0.1, 0.15) is 10.7 Å². The fraction of sp³-hybridized carbons (Fsp3) is 0.538. The van der Waals surface area contributed by atoms with Gasteiger partial charge in [-0.3, -0.25) is 0 Å². The van der Waals surface area contributed by atoms with E-state index in [1.807, 2.05) is 0 Å². The Morgan fingerprint density at radius 2 is 1.89 bits per heavy atom. The summed E-state index contributed by atoms with van der Waals surface area (Å²) in [5.41, 5.74) is 5.59. The molecule has 0 aromatic heterocycles. The van der Waals surface area contributed by atoms with Gasteiger partial charge in [0.15, 0.2) is 0 Å². The number of anilines is 1. The summed E-state index contributed by atoms with van der Waals surface area (Å²) in [6.45, 7) is 0. The van der Waals surface area contributed by atoms with Crippen molar-refractivity contribution < 1.29 is 12.8 Å². The first-order valence-corrected chi connectivity index (χ1v) is 7.90. The van der Waals surface area contributed by atoms with Gasteiger partial charge in [0.25, 0.3) is 0 Å². The van der Waals surface area contributed by atoms with E-state index < -0.39 is 15.8 Å². The molecule has 2 rings (SSSR count). The van der Waals surface area contributed by atoms with Crippen LogP contribution in [0.4, 0.5) is 10.1 Å². The molecule has 1 aromatic rings. The molecular formula is C13H19FN2O2S. The molecular weight excluding hydrogens is 267 g/mol. The van der Waals surface area contributed by atoms with Crippen LogP contribution < -0.4 is 5.73 Å². The fourth-order valence-corrected chi connectivity index (χ4v) is 4.06. The lowest BCUT2D eigenvalue weighted by Gasteiger charge is -2.30. The fourth-order valence-electron chi connectivity index (χ4n) is 2.55. The van der Waals surface area contributed by atoms with Crippen LogP contribution in [0.5, 0.6) is 0 Å². The maximum atomic E-state index is 13.0. The minimum Gasteiger partial charge on any atom is -0.398 e. The van der Waals surface area contributed by atoms with Gasteiger partial charge in [-0.25, -0.2) is 12.8 Å². The van der Waals surface area contributed by atoms with Crippen LogP contribution in [0.25, 0.3) is 0 Å². The summed E-state index contributed by atoms with van der Waals surface area (Å²) in [7, 11) is -2.07. The molecule has 1 aliphatic carbocycles. The second kappa shape index (κ2) is 5.46. The summed E-state index contributed by atoms with van der Waals surface area (Å²) in [4.78, 5) is -0.0121. The Morgan fingerprint density at radius 1 is 1.26 bits per heavy atom. The van der Waals surface area contributed by atoms with E-state index in [-0.39, 0.29) is 16.6 Å². The number of nitrogen functional groups attached to an aromatic ring is 1. The highest BCUT2D eigenvalue weighted by molar-refractivity contribution is 7.89. The first-order chi connectivity index (χ1) is 8.93. The van der Waals surface area contributed by atoms with Crippen molar-refractivity contribution in [3.63, 3.8) is 0 Å². The Labute approximate surface area is 113 Å². The number of rotatable bonds is 3. The summed E-state index contributed by atoms with van der Waals surface area (Å²) in [5, 5.41) is 0. The highest BCUT2D eigenvalue weighted by Crippen LogP contribution is 2.28. The van der Waals surface area contributed by atoms with Gasteiger partial charge in [-0.1, -0.05) is 19.3 Å². The topological polar surface area (TPSA) is 63.4 Å². The van der Waals surface area contributed by atoms with Crippen molar-refractivity contribution in [2.75, 3.05) is 12.8 Å². The van der Waals surface area contributed by atoms with Crippen molar-refractivity contribution in [1.82, 2.24) is 4.31 Å². The standard InChI is InChI=1S/C13H19FN2O2S/c1-16(11-5-3-2-4-6-11)19(17,18)13-8-7-10(14)9-12(13)15/h7-9,11H,2-6,15H2,1H3. The largest absolute Gasteiger partial charge is 0.398 e. The van der Waals surface area contributed by atoms with Crippen LogP contribution in [-0.2, 0) is 10.0 Å². The minimum absolute atomic E-state index is 0.0121. The van der Waals surface area contributed by atoms with Gasteiger partial charge in [-0.15, -0.1) is 0 Å². The van der Waals surface area contributed by atoms with E-state index in [0.717, 1.165) is 44.2 Å². The molecule has 4 nitrogen and oxygen atoms in total. The van der Waals surface area contributed by atoms with Crippen LogP contribution in [0.3, 0.4) is 0 Å². The third-order valence-electron chi connectivity index (χ3n) is 3.72. The highest BCUT2D eigenvalue weighted by Gasteiger charge is 2.30. The van der Waals surface area contributed by atoms with Crippen LogP contribution in [-0.4, -0.2) is 25.8 Å². The zero-order chi connectivity index (χ0) is 14.0. The van der Waals surface area contributed by atoms with Gasteiger partial charge in [-0.2, -0.15) is 4.31 Å². The minimum atomic E-state index is -3.64. The summed E-state index contributed by atoms with van der Waals surface area (Å²) < 4.78 is 39.4. The Bertz CT molecular complexity index is 554. The Balaban J connectivity index is 2.30. The highest BCUT2D eigenvalue weighted by atomic mass is 32.2. The molecule has 19 heavy (non-hydrogen) atoms. The molecule has 0 radical (unpaired) electrons. The number of nitrogens with zero attached hydrogens (tertiary/aromatic N) is 1. The molecule has 0 spiro atoms. The molecule has 0 aliphatic heterocycles. The number of hydrogen-bond acceptors (Lipinski definition) is 3. The van der Waals surface area contributed by atoms with E-state index >= 15 is 0 Å². The van der Waals surface area contributed by atoms with Crippen LogP contribution in [0.1, 0.15) is 32.1 Å². The maximum Gasteiger partial charge on any atom is 0.245 e. The molecule has 1 aliphatic rings. The zero-order valence-corrected chi connectivity index (χ0v) is 11.8. The van der Waals surface area contributed by atoms with Crippen LogP contribution in [0, 0.1) is 5.82 Å². The quantitative estimate of drug-likeness (QED) is 0.868. The van der Waals surface area contributed by atoms with E-state index in [1.54, 1.807) is 7.05 Å². The molecule has 0 unspecified atom stereocenters. The average molecular weight is 286 g/mol. The lowest BCUT2D eigenvalue weighted by molar-refractivity contribution is 0.286. The first-order valence-electron chi connectivity index (χ1n) is 6.46. The lowest BCUT2D eigenvalue weighted by atomic mass is 9.96. The van der Waals surface area contributed by atoms with E-state index in [2.05, 4.69) is 0 Å². The van der Waals surface area contributed by atoms with Crippen LogP contribution >= 0.6 is 0 Å².